The Bertz CT molecular complexity index is 360. The molecule has 0 fully saturated rings. The van der Waals surface area contributed by atoms with Crippen molar-refractivity contribution < 1.29 is 4.74 Å². The van der Waals surface area contributed by atoms with Crippen molar-refractivity contribution in [3.63, 3.8) is 0 Å². The number of nitrogens with one attached hydrogen (secondary N) is 1. The number of hydrogen-bond acceptors (Lipinski definition) is 4. The second kappa shape index (κ2) is 8.68. The SMILES string of the molecule is CCCOCCCNCc1ccnc(C#N)c1. The van der Waals surface area contributed by atoms with Crippen molar-refractivity contribution in [2.45, 2.75) is 26.3 Å². The molecule has 0 saturated carbocycles. The molecule has 1 N–H and O–H groups in total. The molecule has 0 aliphatic carbocycles. The van der Waals surface area contributed by atoms with E-state index in [4.69, 9.17) is 10.00 Å². The monoisotopic (exact) mass is 233 g/mol. The zero-order valence-electron chi connectivity index (χ0n) is 10.3. The van der Waals surface area contributed by atoms with E-state index in [2.05, 4.69) is 17.2 Å². The molecule has 17 heavy (non-hydrogen) atoms. The summed E-state index contributed by atoms with van der Waals surface area (Å²) in [6, 6.07) is 5.76. The Morgan fingerprint density at radius 3 is 3.12 bits per heavy atom. The largest absolute Gasteiger partial charge is 0.381 e. The summed E-state index contributed by atoms with van der Waals surface area (Å²) in [5.74, 6) is 0. The summed E-state index contributed by atoms with van der Waals surface area (Å²) in [6.07, 6.45) is 3.75. The summed E-state index contributed by atoms with van der Waals surface area (Å²) in [4.78, 5) is 3.93. The van der Waals surface area contributed by atoms with Crippen molar-refractivity contribution in [3.8, 4) is 6.07 Å². The first-order valence-corrected chi connectivity index (χ1v) is 6.00. The van der Waals surface area contributed by atoms with Gasteiger partial charge in [0.25, 0.3) is 0 Å². The minimum atomic E-state index is 0.468. The fourth-order valence-electron chi connectivity index (χ4n) is 1.42. The number of rotatable bonds is 8. The molecule has 1 rings (SSSR count). The Balaban J connectivity index is 2.12. The molecule has 92 valence electrons. The quantitative estimate of drug-likeness (QED) is 0.696. The lowest BCUT2D eigenvalue weighted by atomic mass is 10.2. The van der Waals surface area contributed by atoms with Crippen LogP contribution < -0.4 is 5.32 Å². The van der Waals surface area contributed by atoms with E-state index >= 15 is 0 Å². The molecule has 1 heterocycles. The van der Waals surface area contributed by atoms with Gasteiger partial charge in [0, 0.05) is 26.0 Å². The summed E-state index contributed by atoms with van der Waals surface area (Å²) >= 11 is 0. The molecule has 0 bridgehead atoms. The van der Waals surface area contributed by atoms with Crippen molar-refractivity contribution in [3.05, 3.63) is 29.6 Å². The predicted octanol–water partition coefficient (Wildman–Crippen LogP) is 1.86. The third-order valence-electron chi connectivity index (χ3n) is 2.26. The van der Waals surface area contributed by atoms with Crippen molar-refractivity contribution in [2.24, 2.45) is 0 Å². The number of aromatic nitrogens is 1. The fraction of sp³-hybridized carbons (Fsp3) is 0.538. The third kappa shape index (κ3) is 6.00. The molecule has 4 nitrogen and oxygen atoms in total. The van der Waals surface area contributed by atoms with Crippen molar-refractivity contribution >= 4 is 0 Å². The van der Waals surface area contributed by atoms with Crippen LogP contribution in [0.5, 0.6) is 0 Å². The molecule has 0 aromatic carbocycles. The van der Waals surface area contributed by atoms with Crippen LogP contribution in [0, 0.1) is 11.3 Å². The average Bonchev–Trinajstić information content (AvgIpc) is 2.38. The van der Waals surface area contributed by atoms with Gasteiger partial charge in [-0.15, -0.1) is 0 Å². The van der Waals surface area contributed by atoms with Gasteiger partial charge in [-0.2, -0.15) is 5.26 Å². The average molecular weight is 233 g/mol. The highest BCUT2D eigenvalue weighted by Crippen LogP contribution is 2.00. The Morgan fingerprint density at radius 2 is 2.35 bits per heavy atom. The lowest BCUT2D eigenvalue weighted by Crippen LogP contribution is -2.16. The molecule has 0 saturated heterocycles. The van der Waals surface area contributed by atoms with Gasteiger partial charge in [-0.1, -0.05) is 6.92 Å². The maximum Gasteiger partial charge on any atom is 0.140 e. The summed E-state index contributed by atoms with van der Waals surface area (Å²) in [7, 11) is 0. The van der Waals surface area contributed by atoms with E-state index in [0.29, 0.717) is 5.69 Å². The number of nitriles is 1. The van der Waals surface area contributed by atoms with Crippen LogP contribution in [0.3, 0.4) is 0 Å². The highest BCUT2D eigenvalue weighted by atomic mass is 16.5. The Morgan fingerprint density at radius 1 is 1.47 bits per heavy atom. The van der Waals surface area contributed by atoms with Crippen LogP contribution in [0.4, 0.5) is 0 Å². The first kappa shape index (κ1) is 13.6. The first-order valence-electron chi connectivity index (χ1n) is 6.00. The summed E-state index contributed by atoms with van der Waals surface area (Å²) < 4.78 is 5.38. The summed E-state index contributed by atoms with van der Waals surface area (Å²) in [5.41, 5.74) is 1.56. The first-order chi connectivity index (χ1) is 8.36. The minimum Gasteiger partial charge on any atom is -0.381 e. The summed E-state index contributed by atoms with van der Waals surface area (Å²) in [5, 5.41) is 12.0. The number of nitrogens with zero attached hydrogens (tertiary/aromatic N) is 2. The van der Waals surface area contributed by atoms with Crippen molar-refractivity contribution in [2.75, 3.05) is 19.8 Å². The molecule has 0 unspecified atom stereocenters. The molecule has 1 aromatic rings. The predicted molar refractivity (Wildman–Crippen MR) is 66.4 cm³/mol. The lowest BCUT2D eigenvalue weighted by Gasteiger charge is -2.05. The van der Waals surface area contributed by atoms with Crippen LogP contribution in [0.1, 0.15) is 31.0 Å². The molecule has 0 aliphatic heterocycles. The third-order valence-corrected chi connectivity index (χ3v) is 2.26. The second-order valence-electron chi connectivity index (χ2n) is 3.80. The highest BCUT2D eigenvalue weighted by molar-refractivity contribution is 5.25. The fourth-order valence-corrected chi connectivity index (χ4v) is 1.42. The molecule has 0 aliphatic rings. The normalized spacial score (nSPS) is 10.1. The molecule has 0 spiro atoms. The van der Waals surface area contributed by atoms with Crippen LogP contribution in [0.2, 0.25) is 0 Å². The molecule has 0 amide bonds. The van der Waals surface area contributed by atoms with Crippen LogP contribution in [0.15, 0.2) is 18.3 Å². The smallest absolute Gasteiger partial charge is 0.140 e. The molecular formula is C13H19N3O. The Labute approximate surface area is 103 Å². The zero-order valence-corrected chi connectivity index (χ0v) is 10.3. The van der Waals surface area contributed by atoms with Gasteiger partial charge in [-0.25, -0.2) is 4.98 Å². The van der Waals surface area contributed by atoms with Crippen molar-refractivity contribution in [1.82, 2.24) is 10.3 Å². The van der Waals surface area contributed by atoms with E-state index in [9.17, 15) is 0 Å². The van der Waals surface area contributed by atoms with E-state index < -0.39 is 0 Å². The van der Waals surface area contributed by atoms with E-state index in [0.717, 1.165) is 44.7 Å². The van der Waals surface area contributed by atoms with Crippen molar-refractivity contribution in [1.29, 1.82) is 5.26 Å². The number of pyridine rings is 1. The van der Waals surface area contributed by atoms with Gasteiger partial charge in [0.2, 0.25) is 0 Å². The van der Waals surface area contributed by atoms with Gasteiger partial charge in [0.15, 0.2) is 0 Å². The van der Waals surface area contributed by atoms with E-state index in [-0.39, 0.29) is 0 Å². The van der Waals surface area contributed by atoms with Gasteiger partial charge in [-0.05, 0) is 37.1 Å². The van der Waals surface area contributed by atoms with Crippen LogP contribution >= 0.6 is 0 Å². The lowest BCUT2D eigenvalue weighted by molar-refractivity contribution is 0.132. The Kier molecular flexibility index (Phi) is 6.96. The van der Waals surface area contributed by atoms with E-state index in [1.165, 1.54) is 0 Å². The molecule has 0 radical (unpaired) electrons. The standard InChI is InChI=1S/C13H19N3O/c1-2-7-17-8-3-5-15-11-12-4-6-16-13(9-12)10-14/h4,6,9,15H,2-3,5,7-8,11H2,1H3. The van der Waals surface area contributed by atoms with Gasteiger partial charge in [-0.3, -0.25) is 0 Å². The van der Waals surface area contributed by atoms with E-state index in [1.807, 2.05) is 12.1 Å². The van der Waals surface area contributed by atoms with Gasteiger partial charge >= 0.3 is 0 Å². The van der Waals surface area contributed by atoms with Crippen LogP contribution in [-0.4, -0.2) is 24.7 Å². The maximum absolute atomic E-state index is 8.70. The van der Waals surface area contributed by atoms with Gasteiger partial charge in [0.05, 0.1) is 0 Å². The molecule has 0 atom stereocenters. The number of ether oxygens (including phenoxy) is 1. The number of hydrogen-bond donors (Lipinski definition) is 1. The van der Waals surface area contributed by atoms with E-state index in [1.54, 1.807) is 12.3 Å². The maximum atomic E-state index is 8.70. The molecular weight excluding hydrogens is 214 g/mol. The van der Waals surface area contributed by atoms with Crippen LogP contribution in [-0.2, 0) is 11.3 Å². The second-order valence-corrected chi connectivity index (χ2v) is 3.80. The highest BCUT2D eigenvalue weighted by Gasteiger charge is 1.96. The van der Waals surface area contributed by atoms with Gasteiger partial charge in [0.1, 0.15) is 11.8 Å². The summed E-state index contributed by atoms with van der Waals surface area (Å²) in [6.45, 7) is 5.45. The molecule has 1 aromatic heterocycles. The Hall–Kier alpha value is -1.44. The zero-order chi connectivity index (χ0) is 12.3. The molecule has 4 heteroatoms. The topological polar surface area (TPSA) is 57.9 Å². The van der Waals surface area contributed by atoms with Crippen LogP contribution in [0.25, 0.3) is 0 Å². The minimum absolute atomic E-state index is 0.468. The van der Waals surface area contributed by atoms with Gasteiger partial charge < -0.3 is 10.1 Å².